The second kappa shape index (κ2) is 6.96. The first-order chi connectivity index (χ1) is 11.6. The molecule has 1 aromatic heterocycles. The monoisotopic (exact) mass is 317 g/mol. The molecular weight excluding hydrogens is 298 g/mol. The van der Waals surface area contributed by atoms with Crippen molar-refractivity contribution in [2.45, 2.75) is 0 Å². The zero-order valence-corrected chi connectivity index (χ0v) is 13.7. The number of carbonyl (C=O) groups is 1. The van der Waals surface area contributed by atoms with Gasteiger partial charge in [0.1, 0.15) is 0 Å². The van der Waals surface area contributed by atoms with Crippen molar-refractivity contribution in [2.75, 3.05) is 24.3 Å². The predicted octanol–water partition coefficient (Wildman–Crippen LogP) is 3.95. The Labute approximate surface area is 141 Å². The van der Waals surface area contributed by atoms with E-state index in [1.807, 2.05) is 73.6 Å². The molecule has 0 atom stereocenters. The molecule has 0 unspecified atom stereocenters. The van der Waals surface area contributed by atoms with E-state index in [9.17, 15) is 4.79 Å². The van der Waals surface area contributed by atoms with E-state index in [-0.39, 0.29) is 5.91 Å². The van der Waals surface area contributed by atoms with E-state index in [0.29, 0.717) is 0 Å². The lowest BCUT2D eigenvalue weighted by Crippen LogP contribution is -2.09. The van der Waals surface area contributed by atoms with Gasteiger partial charge in [-0.3, -0.25) is 9.78 Å². The van der Waals surface area contributed by atoms with Crippen LogP contribution >= 0.6 is 0 Å². The van der Waals surface area contributed by atoms with Crippen LogP contribution in [0.15, 0.2) is 66.9 Å². The van der Waals surface area contributed by atoms with Crippen molar-refractivity contribution in [2.24, 2.45) is 0 Å². The van der Waals surface area contributed by atoms with Crippen molar-refractivity contribution in [3.05, 3.63) is 72.4 Å². The van der Waals surface area contributed by atoms with Crippen molar-refractivity contribution < 1.29 is 4.79 Å². The third kappa shape index (κ3) is 3.60. The summed E-state index contributed by atoms with van der Waals surface area (Å²) in [7, 11) is 3.98. The van der Waals surface area contributed by atoms with Gasteiger partial charge in [0.25, 0.3) is 0 Å². The third-order valence-corrected chi connectivity index (χ3v) is 3.72. The first-order valence-corrected chi connectivity index (χ1v) is 7.74. The number of carbonyl (C=O) groups excluding carboxylic acids is 1. The number of hydrogen-bond acceptors (Lipinski definition) is 3. The molecule has 1 amide bonds. The van der Waals surface area contributed by atoms with Crippen LogP contribution in [0.3, 0.4) is 0 Å². The van der Waals surface area contributed by atoms with Gasteiger partial charge in [0.05, 0.1) is 11.2 Å². The van der Waals surface area contributed by atoms with Gasteiger partial charge in [0, 0.05) is 37.4 Å². The van der Waals surface area contributed by atoms with Gasteiger partial charge in [-0.1, -0.05) is 30.3 Å². The lowest BCUT2D eigenvalue weighted by Gasteiger charge is -2.12. The highest BCUT2D eigenvalue weighted by Crippen LogP contribution is 2.21. The molecule has 0 radical (unpaired) electrons. The molecule has 0 aliphatic heterocycles. The minimum absolute atomic E-state index is 0.165. The number of pyridine rings is 1. The molecule has 0 fully saturated rings. The Morgan fingerprint density at radius 2 is 1.92 bits per heavy atom. The fraction of sp³-hybridized carbons (Fsp3) is 0.100. The van der Waals surface area contributed by atoms with E-state index in [4.69, 9.17) is 0 Å². The van der Waals surface area contributed by atoms with Crippen LogP contribution in [-0.2, 0) is 4.79 Å². The number of rotatable bonds is 4. The summed E-state index contributed by atoms with van der Waals surface area (Å²) in [4.78, 5) is 18.5. The van der Waals surface area contributed by atoms with Crippen LogP contribution in [0.2, 0.25) is 0 Å². The molecule has 0 aliphatic carbocycles. The summed E-state index contributed by atoms with van der Waals surface area (Å²) < 4.78 is 0. The normalized spacial score (nSPS) is 10.9. The highest BCUT2D eigenvalue weighted by Gasteiger charge is 2.03. The minimum Gasteiger partial charge on any atom is -0.378 e. The Hall–Kier alpha value is -3.14. The zero-order chi connectivity index (χ0) is 16.9. The molecule has 2 aromatic carbocycles. The van der Waals surface area contributed by atoms with Gasteiger partial charge >= 0.3 is 0 Å². The van der Waals surface area contributed by atoms with E-state index < -0.39 is 0 Å². The van der Waals surface area contributed by atoms with Crippen LogP contribution < -0.4 is 10.2 Å². The van der Waals surface area contributed by atoms with Crippen molar-refractivity contribution in [3.63, 3.8) is 0 Å². The molecule has 0 spiro atoms. The summed E-state index contributed by atoms with van der Waals surface area (Å²) in [5, 5.41) is 3.84. The Morgan fingerprint density at radius 1 is 1.08 bits per heavy atom. The highest BCUT2D eigenvalue weighted by molar-refractivity contribution is 6.06. The van der Waals surface area contributed by atoms with Crippen molar-refractivity contribution >= 4 is 34.3 Å². The van der Waals surface area contributed by atoms with Gasteiger partial charge in [-0.25, -0.2) is 0 Å². The molecular formula is C20H19N3O. The SMILES string of the molecule is CN(C)c1cccc(C=CC(=O)Nc2ccnc3ccccc23)c1. The number of benzene rings is 2. The fourth-order valence-electron chi connectivity index (χ4n) is 2.46. The summed E-state index contributed by atoms with van der Waals surface area (Å²) in [6.07, 6.45) is 5.05. The summed E-state index contributed by atoms with van der Waals surface area (Å²) in [6.45, 7) is 0. The smallest absolute Gasteiger partial charge is 0.248 e. The summed E-state index contributed by atoms with van der Waals surface area (Å²) in [5.41, 5.74) is 3.70. The van der Waals surface area contributed by atoms with Gasteiger partial charge in [0.2, 0.25) is 5.91 Å². The van der Waals surface area contributed by atoms with Crippen LogP contribution in [0, 0.1) is 0 Å². The van der Waals surface area contributed by atoms with E-state index in [0.717, 1.165) is 27.8 Å². The van der Waals surface area contributed by atoms with Gasteiger partial charge in [-0.05, 0) is 35.9 Å². The maximum atomic E-state index is 12.2. The second-order valence-electron chi connectivity index (χ2n) is 5.69. The van der Waals surface area contributed by atoms with E-state index in [1.54, 1.807) is 18.3 Å². The van der Waals surface area contributed by atoms with Gasteiger partial charge in [-0.2, -0.15) is 0 Å². The molecule has 1 N–H and O–H groups in total. The zero-order valence-electron chi connectivity index (χ0n) is 13.7. The second-order valence-corrected chi connectivity index (χ2v) is 5.69. The average Bonchev–Trinajstić information content (AvgIpc) is 2.60. The van der Waals surface area contributed by atoms with Gasteiger partial charge in [-0.15, -0.1) is 0 Å². The number of amides is 1. The van der Waals surface area contributed by atoms with Crippen LogP contribution in [0.5, 0.6) is 0 Å². The molecule has 0 aliphatic rings. The van der Waals surface area contributed by atoms with Crippen molar-refractivity contribution in [3.8, 4) is 0 Å². The number of nitrogens with zero attached hydrogens (tertiary/aromatic N) is 2. The number of anilines is 2. The molecule has 24 heavy (non-hydrogen) atoms. The van der Waals surface area contributed by atoms with Crippen LogP contribution in [0.1, 0.15) is 5.56 Å². The van der Waals surface area contributed by atoms with Crippen molar-refractivity contribution in [1.82, 2.24) is 4.98 Å². The molecule has 1 heterocycles. The molecule has 120 valence electrons. The van der Waals surface area contributed by atoms with E-state index in [2.05, 4.69) is 10.3 Å². The van der Waals surface area contributed by atoms with Gasteiger partial charge < -0.3 is 10.2 Å². The van der Waals surface area contributed by atoms with Crippen LogP contribution in [0.25, 0.3) is 17.0 Å². The molecule has 0 bridgehead atoms. The lowest BCUT2D eigenvalue weighted by molar-refractivity contribution is -0.111. The number of fused-ring (bicyclic) bond motifs is 1. The largest absolute Gasteiger partial charge is 0.378 e. The molecule has 3 rings (SSSR count). The summed E-state index contributed by atoms with van der Waals surface area (Å²) >= 11 is 0. The standard InChI is InChI=1S/C20H19N3O/c1-23(2)16-7-5-6-15(14-16)10-11-20(24)22-19-12-13-21-18-9-4-3-8-17(18)19/h3-14H,1-2H3,(H,21,22,24). The summed E-state index contributed by atoms with van der Waals surface area (Å²) in [6, 6.07) is 17.5. The Morgan fingerprint density at radius 3 is 2.75 bits per heavy atom. The van der Waals surface area contributed by atoms with Crippen LogP contribution in [0.4, 0.5) is 11.4 Å². The Kier molecular flexibility index (Phi) is 4.57. The Bertz CT molecular complexity index is 895. The number of nitrogens with one attached hydrogen (secondary N) is 1. The minimum atomic E-state index is -0.165. The fourth-order valence-corrected chi connectivity index (χ4v) is 2.46. The Balaban J connectivity index is 1.76. The van der Waals surface area contributed by atoms with E-state index in [1.165, 1.54) is 0 Å². The summed E-state index contributed by atoms with van der Waals surface area (Å²) in [5.74, 6) is -0.165. The quantitative estimate of drug-likeness (QED) is 0.741. The van der Waals surface area contributed by atoms with Crippen LogP contribution in [-0.4, -0.2) is 25.0 Å². The van der Waals surface area contributed by atoms with E-state index >= 15 is 0 Å². The maximum absolute atomic E-state index is 12.2. The molecule has 0 saturated carbocycles. The lowest BCUT2D eigenvalue weighted by atomic mass is 10.1. The highest BCUT2D eigenvalue weighted by atomic mass is 16.1. The molecule has 4 heteroatoms. The first kappa shape index (κ1) is 15.7. The van der Waals surface area contributed by atoms with Crippen molar-refractivity contribution in [1.29, 1.82) is 0 Å². The topological polar surface area (TPSA) is 45.2 Å². The van der Waals surface area contributed by atoms with Gasteiger partial charge in [0.15, 0.2) is 0 Å². The number of hydrogen-bond donors (Lipinski definition) is 1. The third-order valence-electron chi connectivity index (χ3n) is 3.72. The molecule has 3 aromatic rings. The molecule has 4 nitrogen and oxygen atoms in total. The number of aromatic nitrogens is 1. The maximum Gasteiger partial charge on any atom is 0.248 e. The first-order valence-electron chi connectivity index (χ1n) is 7.74. The average molecular weight is 317 g/mol. The molecule has 0 saturated heterocycles. The predicted molar refractivity (Wildman–Crippen MR) is 100 cm³/mol. The number of para-hydroxylation sites is 1.